The van der Waals surface area contributed by atoms with Crippen molar-refractivity contribution in [1.29, 1.82) is 0 Å². The van der Waals surface area contributed by atoms with Gasteiger partial charge < -0.3 is 0 Å². The SMILES string of the molecule is C[Si](C)(I)C(F)(F)C(F)(F)C(F)(F)C(F)(F)C(F)(F)C(F)(F)C(F)(F)C(F)(F)C(F)(F)C(F)(F)F. The second-order valence-corrected chi connectivity index (χ2v) is 18.8. The van der Waals surface area contributed by atoms with E-state index < -0.39 is 64.7 Å². The topological polar surface area (TPSA) is 0 Å². The molecule has 0 aromatic carbocycles. The molecule has 212 valence electrons. The molecular formula is C12H6F21ISi. The summed E-state index contributed by atoms with van der Waals surface area (Å²) >= 11 is 0.275. The summed E-state index contributed by atoms with van der Waals surface area (Å²) in [5, 5.41) is 0. The summed E-state index contributed by atoms with van der Waals surface area (Å²) in [6.45, 7) is -0.00721. The minimum Gasteiger partial charge on any atom is -0.204 e. The Bertz CT molecular complexity index is 723. The molecular weight excluding hydrogens is 698 g/mol. The van der Waals surface area contributed by atoms with Gasteiger partial charge in [-0.15, -0.1) is 21.8 Å². The molecule has 0 aliphatic carbocycles. The van der Waals surface area contributed by atoms with Gasteiger partial charge in [-0.05, 0) is 0 Å². The first-order valence-corrected chi connectivity index (χ1v) is 13.8. The lowest BCUT2D eigenvalue weighted by Crippen LogP contribution is -2.77. The quantitative estimate of drug-likeness (QED) is 0.0979. The highest BCUT2D eigenvalue weighted by molar-refractivity contribution is 14.1. The molecule has 0 aromatic heterocycles. The number of rotatable bonds is 9. The van der Waals surface area contributed by atoms with Crippen molar-refractivity contribution in [1.82, 2.24) is 0 Å². The van der Waals surface area contributed by atoms with Crippen molar-refractivity contribution in [2.75, 3.05) is 0 Å². The third-order valence-electron chi connectivity index (χ3n) is 4.26. The van der Waals surface area contributed by atoms with Gasteiger partial charge in [-0.3, -0.25) is 0 Å². The van der Waals surface area contributed by atoms with Gasteiger partial charge in [0.2, 0.25) is 5.57 Å². The average molecular weight is 704 g/mol. The van der Waals surface area contributed by atoms with Crippen molar-refractivity contribution in [2.45, 2.75) is 72.2 Å². The highest BCUT2D eigenvalue weighted by Gasteiger charge is 2.98. The standard InChI is InChI=1S/C12H6F21ISi/c1-35(2,34)12(32,33)10(27,28)8(23,24)6(19,20)4(15,16)3(13,14)5(17,18)7(21,22)9(25,26)11(29,30)31/h1-2H3. The van der Waals surface area contributed by atoms with Crippen molar-refractivity contribution in [2.24, 2.45) is 0 Å². The van der Waals surface area contributed by atoms with Crippen LogP contribution in [0.2, 0.25) is 13.1 Å². The summed E-state index contributed by atoms with van der Waals surface area (Å²) in [6.07, 6.45) is -7.98. The highest BCUT2D eigenvalue weighted by atomic mass is 127. The Kier molecular flexibility index (Phi) is 8.11. The summed E-state index contributed by atoms with van der Waals surface area (Å²) in [5.41, 5.74) is -11.7. The normalized spacial score (nSPS) is 17.1. The molecule has 0 bridgehead atoms. The molecule has 0 rings (SSSR count). The first-order chi connectivity index (χ1) is 14.5. The number of hydrogen-bond donors (Lipinski definition) is 0. The van der Waals surface area contributed by atoms with E-state index in [2.05, 4.69) is 0 Å². The molecule has 0 aliphatic rings. The van der Waals surface area contributed by atoms with E-state index in [-0.39, 0.29) is 34.9 Å². The predicted octanol–water partition coefficient (Wildman–Crippen LogP) is 8.45. The van der Waals surface area contributed by atoms with Crippen molar-refractivity contribution in [3.63, 3.8) is 0 Å². The van der Waals surface area contributed by atoms with E-state index in [9.17, 15) is 92.2 Å². The fourth-order valence-electron chi connectivity index (χ4n) is 1.93. The molecule has 0 spiro atoms. The van der Waals surface area contributed by atoms with Gasteiger partial charge in [-0.25, -0.2) is 8.78 Å². The number of alkyl halides is 21. The molecule has 0 radical (unpaired) electrons. The van der Waals surface area contributed by atoms with Gasteiger partial charge >= 0.3 is 59.1 Å². The van der Waals surface area contributed by atoms with E-state index in [0.717, 1.165) is 0 Å². The Morgan fingerprint density at radius 2 is 0.514 bits per heavy atom. The van der Waals surface area contributed by atoms with E-state index in [1.165, 1.54) is 0 Å². The van der Waals surface area contributed by atoms with Gasteiger partial charge in [0.25, 0.3) is 0 Å². The maximum atomic E-state index is 13.7. The van der Waals surface area contributed by atoms with Crippen LogP contribution in [0.1, 0.15) is 0 Å². The van der Waals surface area contributed by atoms with Gasteiger partial charge in [0, 0.05) is 0 Å². The maximum absolute atomic E-state index is 13.7. The molecule has 0 atom stereocenters. The largest absolute Gasteiger partial charge is 0.460 e. The first-order valence-electron chi connectivity index (χ1n) is 7.66. The summed E-state index contributed by atoms with van der Waals surface area (Å²) in [5.74, 6) is -69.8. The number of halogens is 22. The zero-order chi connectivity index (χ0) is 29.5. The molecule has 0 heterocycles. The molecule has 0 nitrogen and oxygen atoms in total. The molecule has 0 N–H and O–H groups in total. The van der Waals surface area contributed by atoms with Crippen LogP contribution >= 0.6 is 21.8 Å². The zero-order valence-corrected chi connectivity index (χ0v) is 19.0. The van der Waals surface area contributed by atoms with Crippen LogP contribution in [-0.2, 0) is 0 Å². The molecule has 0 saturated carbocycles. The Morgan fingerprint density at radius 3 is 0.686 bits per heavy atom. The molecule has 0 amide bonds. The second kappa shape index (κ2) is 8.24. The summed E-state index contributed by atoms with van der Waals surface area (Å²) in [7, 11) is 0. The van der Waals surface area contributed by atoms with Crippen molar-refractivity contribution < 1.29 is 92.2 Å². The Balaban J connectivity index is 7.15. The minimum atomic E-state index is -9.13. The van der Waals surface area contributed by atoms with E-state index in [1.807, 2.05) is 0 Å². The second-order valence-electron chi connectivity index (χ2n) is 7.14. The zero-order valence-electron chi connectivity index (χ0n) is 15.8. The molecule has 0 aliphatic heterocycles. The van der Waals surface area contributed by atoms with Gasteiger partial charge in [0.1, 0.15) is 0 Å². The van der Waals surface area contributed by atoms with Gasteiger partial charge in [-0.2, -0.15) is 83.4 Å². The lowest BCUT2D eigenvalue weighted by atomic mass is 9.87. The first kappa shape index (κ1) is 34.5. The molecule has 0 aromatic rings. The van der Waals surface area contributed by atoms with Crippen LogP contribution in [0.5, 0.6) is 0 Å². The lowest BCUT2D eigenvalue weighted by molar-refractivity contribution is -0.472. The Labute approximate surface area is 192 Å². The van der Waals surface area contributed by atoms with E-state index in [0.29, 0.717) is 0 Å². The van der Waals surface area contributed by atoms with Gasteiger partial charge in [0.15, 0.2) is 0 Å². The predicted molar refractivity (Wildman–Crippen MR) is 82.1 cm³/mol. The van der Waals surface area contributed by atoms with E-state index in [4.69, 9.17) is 0 Å². The number of hydrogen-bond acceptors (Lipinski definition) is 0. The van der Waals surface area contributed by atoms with Crippen LogP contribution in [0.4, 0.5) is 92.2 Å². The smallest absolute Gasteiger partial charge is 0.204 e. The van der Waals surface area contributed by atoms with Crippen LogP contribution in [0.25, 0.3) is 0 Å². The third kappa shape index (κ3) is 4.14. The summed E-state index contributed by atoms with van der Waals surface area (Å²) in [4.78, 5) is 0. The van der Waals surface area contributed by atoms with Crippen LogP contribution in [-0.4, -0.2) is 64.7 Å². The van der Waals surface area contributed by atoms with Crippen LogP contribution in [0.3, 0.4) is 0 Å². The summed E-state index contributed by atoms with van der Waals surface area (Å²) in [6, 6.07) is 0. The van der Waals surface area contributed by atoms with E-state index in [1.54, 1.807) is 0 Å². The molecule has 0 saturated heterocycles. The molecule has 23 heteroatoms. The molecule has 0 unspecified atom stereocenters. The maximum Gasteiger partial charge on any atom is 0.460 e. The summed E-state index contributed by atoms with van der Waals surface area (Å²) < 4.78 is 277. The molecule has 35 heavy (non-hydrogen) atoms. The van der Waals surface area contributed by atoms with Crippen LogP contribution in [0.15, 0.2) is 0 Å². The molecule has 0 fully saturated rings. The van der Waals surface area contributed by atoms with Crippen molar-refractivity contribution in [3.05, 3.63) is 0 Å². The fourth-order valence-corrected chi connectivity index (χ4v) is 3.85. The minimum absolute atomic E-state index is 0.00361. The van der Waals surface area contributed by atoms with Crippen LogP contribution < -0.4 is 0 Å². The fraction of sp³-hybridized carbons (Fsp3) is 1.00. The van der Waals surface area contributed by atoms with Gasteiger partial charge in [0.05, 0.1) is 0 Å². The van der Waals surface area contributed by atoms with Crippen molar-refractivity contribution in [3.8, 4) is 0 Å². The van der Waals surface area contributed by atoms with Crippen LogP contribution in [0, 0.1) is 0 Å². The average Bonchev–Trinajstić information content (AvgIpc) is 2.58. The van der Waals surface area contributed by atoms with Crippen molar-refractivity contribution >= 4 is 27.4 Å². The third-order valence-corrected chi connectivity index (χ3v) is 8.10. The lowest BCUT2D eigenvalue weighted by Gasteiger charge is -2.45. The Morgan fingerprint density at radius 1 is 0.343 bits per heavy atom. The Hall–Kier alpha value is -0.523. The van der Waals surface area contributed by atoms with Gasteiger partial charge in [-0.1, -0.05) is 13.1 Å². The van der Waals surface area contributed by atoms with E-state index >= 15 is 0 Å². The monoisotopic (exact) mass is 704 g/mol. The highest BCUT2D eigenvalue weighted by Crippen LogP contribution is 2.66.